The van der Waals surface area contributed by atoms with Crippen molar-refractivity contribution < 1.29 is 32.2 Å². The van der Waals surface area contributed by atoms with Gasteiger partial charge in [-0.05, 0) is 79.1 Å². The quantitative estimate of drug-likeness (QED) is 0.156. The molecule has 0 saturated heterocycles. The van der Waals surface area contributed by atoms with E-state index in [1.807, 2.05) is 0 Å². The fourth-order valence-corrected chi connectivity index (χ4v) is 3.01. The molecule has 3 rings (SSSR count). The van der Waals surface area contributed by atoms with Crippen LogP contribution >= 0.6 is 0 Å². The molecule has 0 spiro atoms. The number of esters is 2. The van der Waals surface area contributed by atoms with E-state index in [1.54, 1.807) is 13.0 Å². The van der Waals surface area contributed by atoms with Crippen molar-refractivity contribution in [2.24, 2.45) is 0 Å². The van der Waals surface area contributed by atoms with Crippen LogP contribution < -0.4 is 4.74 Å². The van der Waals surface area contributed by atoms with Gasteiger partial charge in [0.15, 0.2) is 0 Å². The van der Waals surface area contributed by atoms with E-state index in [0.29, 0.717) is 11.1 Å². The molecule has 0 unspecified atom stereocenters. The van der Waals surface area contributed by atoms with Crippen molar-refractivity contribution >= 4 is 11.9 Å². The lowest BCUT2D eigenvalue weighted by Gasteiger charge is -2.09. The lowest BCUT2D eigenvalue weighted by molar-refractivity contribution is 0.0632. The van der Waals surface area contributed by atoms with Gasteiger partial charge < -0.3 is 9.47 Å². The largest absolute Gasteiger partial charge is 0.424 e. The number of carbonyl (C=O) groups excluding carboxylic acids is 2. The minimum absolute atomic E-state index is 0.0370. The lowest BCUT2D eigenvalue weighted by atomic mass is 10.0. The van der Waals surface area contributed by atoms with Gasteiger partial charge in [0.25, 0.3) is 0 Å². The highest BCUT2D eigenvalue weighted by molar-refractivity contribution is 5.91. The Morgan fingerprint density at radius 3 is 1.86 bits per heavy atom. The van der Waals surface area contributed by atoms with Gasteiger partial charge in [-0.2, -0.15) is 0 Å². The van der Waals surface area contributed by atoms with Gasteiger partial charge in [0.2, 0.25) is 0 Å². The topological polar surface area (TPSA) is 52.6 Å². The molecule has 0 atom stereocenters. The molecule has 0 radical (unpaired) electrons. The Labute approximate surface area is 200 Å². The number of allylic oxidation sites excluding steroid dienone is 3. The number of halogens is 3. The second-order valence-electron chi connectivity index (χ2n) is 7.68. The van der Waals surface area contributed by atoms with E-state index in [2.05, 4.69) is 13.2 Å². The zero-order valence-electron chi connectivity index (χ0n) is 18.8. The van der Waals surface area contributed by atoms with E-state index >= 15 is 0 Å². The SMILES string of the molecule is C=C(C)/C=C\C(=C)OC(=O)c1ccc(Cc2ccc(C(=O)Oc3ccc(F)cc3)c(F)c2)cc1F. The van der Waals surface area contributed by atoms with Crippen LogP contribution in [0, 0.1) is 17.5 Å². The van der Waals surface area contributed by atoms with E-state index in [0.717, 1.165) is 29.8 Å². The summed E-state index contributed by atoms with van der Waals surface area (Å²) in [6.45, 7) is 9.00. The van der Waals surface area contributed by atoms with Gasteiger partial charge in [0, 0.05) is 0 Å². The van der Waals surface area contributed by atoms with Gasteiger partial charge in [-0.15, -0.1) is 0 Å². The second-order valence-corrected chi connectivity index (χ2v) is 7.68. The Morgan fingerprint density at radius 1 is 0.800 bits per heavy atom. The van der Waals surface area contributed by atoms with Gasteiger partial charge >= 0.3 is 11.9 Å². The molecule has 4 nitrogen and oxygen atoms in total. The molecule has 35 heavy (non-hydrogen) atoms. The highest BCUT2D eigenvalue weighted by Gasteiger charge is 2.17. The molecule has 0 bridgehead atoms. The smallest absolute Gasteiger partial charge is 0.346 e. The summed E-state index contributed by atoms with van der Waals surface area (Å²) in [4.78, 5) is 24.4. The first-order valence-corrected chi connectivity index (χ1v) is 10.4. The molecular formula is C28H21F3O4. The third kappa shape index (κ3) is 7.04. The zero-order valence-corrected chi connectivity index (χ0v) is 18.8. The number of ether oxygens (including phenoxy) is 2. The number of benzene rings is 3. The molecule has 0 amide bonds. The normalized spacial score (nSPS) is 10.7. The lowest BCUT2D eigenvalue weighted by Crippen LogP contribution is -2.11. The van der Waals surface area contributed by atoms with Crippen LogP contribution in [-0.2, 0) is 11.2 Å². The maximum atomic E-state index is 14.5. The summed E-state index contributed by atoms with van der Waals surface area (Å²) in [6.07, 6.45) is 3.19. The fourth-order valence-electron chi connectivity index (χ4n) is 3.01. The van der Waals surface area contributed by atoms with Crippen molar-refractivity contribution in [2.75, 3.05) is 0 Å². The third-order valence-electron chi connectivity index (χ3n) is 4.72. The number of carbonyl (C=O) groups is 2. The molecule has 0 fully saturated rings. The second kappa shape index (κ2) is 11.2. The average Bonchev–Trinajstić information content (AvgIpc) is 2.79. The zero-order chi connectivity index (χ0) is 25.5. The van der Waals surface area contributed by atoms with E-state index < -0.39 is 29.4 Å². The van der Waals surface area contributed by atoms with Crippen molar-refractivity contribution in [2.45, 2.75) is 13.3 Å². The summed E-state index contributed by atoms with van der Waals surface area (Å²) in [6, 6.07) is 12.6. The first kappa shape index (κ1) is 25.2. The number of hydrogen-bond donors (Lipinski definition) is 0. The molecule has 0 saturated carbocycles. The van der Waals surface area contributed by atoms with Crippen molar-refractivity contribution in [1.29, 1.82) is 0 Å². The summed E-state index contributed by atoms with van der Waals surface area (Å²) in [7, 11) is 0. The Hall–Kier alpha value is -4.39. The van der Waals surface area contributed by atoms with Crippen molar-refractivity contribution in [3.63, 3.8) is 0 Å². The van der Waals surface area contributed by atoms with Gasteiger partial charge in [-0.25, -0.2) is 22.8 Å². The molecular weight excluding hydrogens is 457 g/mol. The molecule has 0 aliphatic heterocycles. The van der Waals surface area contributed by atoms with Crippen molar-refractivity contribution in [3.8, 4) is 5.75 Å². The number of rotatable bonds is 8. The predicted octanol–water partition coefficient (Wildman–Crippen LogP) is 6.72. The fraction of sp³-hybridized carbons (Fsp3) is 0.0714. The monoisotopic (exact) mass is 478 g/mol. The van der Waals surface area contributed by atoms with E-state index in [4.69, 9.17) is 9.47 Å². The summed E-state index contributed by atoms with van der Waals surface area (Å²) in [5.41, 5.74) is 1.09. The summed E-state index contributed by atoms with van der Waals surface area (Å²) < 4.78 is 52.1. The molecule has 0 aromatic heterocycles. The maximum Gasteiger partial charge on any atom is 0.346 e. The molecule has 0 N–H and O–H groups in total. The Kier molecular flexibility index (Phi) is 8.04. The molecule has 0 aliphatic carbocycles. The molecule has 0 aliphatic rings. The van der Waals surface area contributed by atoms with Crippen molar-refractivity contribution in [1.82, 2.24) is 0 Å². The average molecular weight is 478 g/mol. The first-order valence-electron chi connectivity index (χ1n) is 10.4. The van der Waals surface area contributed by atoms with Crippen LogP contribution in [0.5, 0.6) is 5.75 Å². The third-order valence-corrected chi connectivity index (χ3v) is 4.72. The van der Waals surface area contributed by atoms with Crippen LogP contribution in [0.2, 0.25) is 0 Å². The van der Waals surface area contributed by atoms with Gasteiger partial charge in [-0.1, -0.05) is 36.9 Å². The Balaban J connectivity index is 1.67. The van der Waals surface area contributed by atoms with Gasteiger partial charge in [0.1, 0.15) is 29.0 Å². The molecule has 3 aromatic rings. The molecule has 0 heterocycles. The van der Waals surface area contributed by atoms with Crippen LogP contribution in [0.3, 0.4) is 0 Å². The highest BCUT2D eigenvalue weighted by Crippen LogP contribution is 2.20. The first-order chi connectivity index (χ1) is 16.6. The van der Waals surface area contributed by atoms with Crippen LogP contribution in [0.15, 0.2) is 97.3 Å². The van der Waals surface area contributed by atoms with Crippen LogP contribution in [0.25, 0.3) is 0 Å². The summed E-state index contributed by atoms with van der Waals surface area (Å²) in [5, 5.41) is 0. The standard InChI is InChI=1S/C28H21F3O4/c1-17(2)4-5-18(3)34-27(32)23-12-6-19(15-25(23)30)14-20-7-13-24(26(31)16-20)28(33)35-22-10-8-21(29)9-11-22/h4-13,15-16H,1,3,14H2,2H3/b5-4-. The minimum Gasteiger partial charge on any atom is -0.424 e. The van der Waals surface area contributed by atoms with E-state index in [9.17, 15) is 22.8 Å². The summed E-state index contributed by atoms with van der Waals surface area (Å²) in [5.74, 6) is -3.85. The van der Waals surface area contributed by atoms with Gasteiger partial charge in [0.05, 0.1) is 11.1 Å². The van der Waals surface area contributed by atoms with Crippen LogP contribution in [0.4, 0.5) is 13.2 Å². The molecule has 7 heteroatoms. The van der Waals surface area contributed by atoms with Crippen molar-refractivity contribution in [3.05, 3.63) is 137 Å². The van der Waals surface area contributed by atoms with Gasteiger partial charge in [-0.3, -0.25) is 0 Å². The number of hydrogen-bond acceptors (Lipinski definition) is 4. The Morgan fingerprint density at radius 2 is 1.34 bits per heavy atom. The van der Waals surface area contributed by atoms with Crippen LogP contribution in [0.1, 0.15) is 38.8 Å². The molecule has 3 aromatic carbocycles. The van der Waals surface area contributed by atoms with Crippen LogP contribution in [-0.4, -0.2) is 11.9 Å². The maximum absolute atomic E-state index is 14.5. The predicted molar refractivity (Wildman–Crippen MR) is 125 cm³/mol. The van der Waals surface area contributed by atoms with E-state index in [1.165, 1.54) is 42.5 Å². The minimum atomic E-state index is -0.936. The molecule has 178 valence electrons. The van der Waals surface area contributed by atoms with E-state index in [-0.39, 0.29) is 29.1 Å². The Bertz CT molecular complexity index is 1320. The highest BCUT2D eigenvalue weighted by atomic mass is 19.1. The summed E-state index contributed by atoms with van der Waals surface area (Å²) >= 11 is 0.